The first kappa shape index (κ1) is 12.6. The Bertz CT molecular complexity index is 503. The van der Waals surface area contributed by atoms with Crippen LogP contribution in [0.3, 0.4) is 0 Å². The maximum Gasteiger partial charge on any atom is 0.322 e. The number of fused-ring (bicyclic) bond motifs is 1. The number of nitriles is 1. The molecule has 0 radical (unpaired) electrons. The molecule has 0 fully saturated rings. The number of oxazole rings is 1. The Morgan fingerprint density at radius 3 is 3.11 bits per heavy atom. The number of aryl methyl sites for hydroxylation is 1. The summed E-state index contributed by atoms with van der Waals surface area (Å²) in [7, 11) is 1.31. The van der Waals surface area contributed by atoms with Gasteiger partial charge in [-0.05, 0) is 6.42 Å². The fourth-order valence-corrected chi connectivity index (χ4v) is 2.23. The van der Waals surface area contributed by atoms with Crippen molar-refractivity contribution in [1.29, 1.82) is 5.26 Å². The van der Waals surface area contributed by atoms with Gasteiger partial charge >= 0.3 is 5.97 Å². The number of rotatable bonds is 3. The van der Waals surface area contributed by atoms with Gasteiger partial charge in [-0.3, -0.25) is 4.79 Å². The van der Waals surface area contributed by atoms with Gasteiger partial charge in [0.25, 0.3) is 0 Å². The summed E-state index contributed by atoms with van der Waals surface area (Å²) < 4.78 is 15.8. The number of nitrogens with zero attached hydrogens (tertiary/aromatic N) is 2. The van der Waals surface area contributed by atoms with E-state index in [2.05, 4.69) is 4.98 Å². The normalized spacial score (nSPS) is 22.1. The van der Waals surface area contributed by atoms with Crippen molar-refractivity contribution in [2.24, 2.45) is 0 Å². The van der Waals surface area contributed by atoms with Gasteiger partial charge in [-0.2, -0.15) is 5.26 Å². The van der Waals surface area contributed by atoms with Crippen LogP contribution in [0.1, 0.15) is 30.2 Å². The van der Waals surface area contributed by atoms with Crippen molar-refractivity contribution in [2.75, 3.05) is 13.7 Å². The molecule has 2 heterocycles. The van der Waals surface area contributed by atoms with Crippen LogP contribution < -0.4 is 0 Å². The van der Waals surface area contributed by atoms with E-state index >= 15 is 0 Å². The summed E-state index contributed by atoms with van der Waals surface area (Å²) in [4.78, 5) is 16.3. The lowest BCUT2D eigenvalue weighted by atomic mass is 9.79. The molecule has 96 valence electrons. The lowest BCUT2D eigenvalue weighted by molar-refractivity contribution is -0.153. The maximum atomic E-state index is 12.1. The Hall–Kier alpha value is -1.87. The summed E-state index contributed by atoms with van der Waals surface area (Å²) >= 11 is 0. The number of carbonyl (C=O) groups excluding carboxylic acids is 1. The Morgan fingerprint density at radius 2 is 2.44 bits per heavy atom. The van der Waals surface area contributed by atoms with E-state index in [1.165, 1.54) is 7.11 Å². The average Bonchev–Trinajstić information content (AvgIpc) is 2.76. The zero-order valence-corrected chi connectivity index (χ0v) is 10.4. The van der Waals surface area contributed by atoms with Crippen LogP contribution in [0.25, 0.3) is 0 Å². The zero-order chi connectivity index (χ0) is 13.2. The van der Waals surface area contributed by atoms with Crippen molar-refractivity contribution < 1.29 is 18.7 Å². The van der Waals surface area contributed by atoms with Gasteiger partial charge < -0.3 is 13.9 Å². The summed E-state index contributed by atoms with van der Waals surface area (Å²) in [6.45, 7) is 2.19. The molecule has 6 nitrogen and oxygen atoms in total. The molecule has 1 aromatic rings. The molecular weight excluding hydrogens is 236 g/mol. The van der Waals surface area contributed by atoms with Crippen molar-refractivity contribution in [3.63, 3.8) is 0 Å². The van der Waals surface area contributed by atoms with E-state index in [4.69, 9.17) is 19.2 Å². The number of esters is 1. The summed E-state index contributed by atoms with van der Waals surface area (Å²) in [5.74, 6) is 0.513. The Balaban J connectivity index is 2.47. The minimum atomic E-state index is -1.04. The van der Waals surface area contributed by atoms with E-state index in [-0.39, 0.29) is 13.0 Å². The standard InChI is InChI=1S/C12H14N2O4/c1-8-14-9-6-17-7-12(4-3-5-13,10(9)18-8)11(15)16-2/h3-4,6-7H2,1-2H3. The van der Waals surface area contributed by atoms with E-state index in [1.54, 1.807) is 6.92 Å². The highest BCUT2D eigenvalue weighted by Crippen LogP contribution is 2.38. The number of hydrogen-bond donors (Lipinski definition) is 0. The second-order valence-electron chi connectivity index (χ2n) is 4.23. The maximum absolute atomic E-state index is 12.1. The lowest BCUT2D eigenvalue weighted by Gasteiger charge is -2.31. The van der Waals surface area contributed by atoms with Crippen molar-refractivity contribution in [1.82, 2.24) is 4.98 Å². The number of carbonyl (C=O) groups is 1. The third kappa shape index (κ3) is 1.87. The molecule has 6 heteroatoms. The third-order valence-electron chi connectivity index (χ3n) is 3.07. The van der Waals surface area contributed by atoms with E-state index < -0.39 is 11.4 Å². The number of aromatic nitrogens is 1. The summed E-state index contributed by atoms with van der Waals surface area (Å²) in [5, 5.41) is 8.73. The van der Waals surface area contributed by atoms with Gasteiger partial charge in [0.05, 0.1) is 26.4 Å². The molecule has 0 saturated heterocycles. The molecule has 1 aliphatic heterocycles. The second kappa shape index (κ2) is 4.78. The number of methoxy groups -OCH3 is 1. The van der Waals surface area contributed by atoms with Gasteiger partial charge in [0.2, 0.25) is 0 Å². The smallest absolute Gasteiger partial charge is 0.322 e. The van der Waals surface area contributed by atoms with E-state index in [1.807, 2.05) is 6.07 Å². The highest BCUT2D eigenvalue weighted by Gasteiger charge is 2.49. The van der Waals surface area contributed by atoms with Gasteiger partial charge in [-0.25, -0.2) is 4.98 Å². The second-order valence-corrected chi connectivity index (χ2v) is 4.23. The lowest BCUT2D eigenvalue weighted by Crippen LogP contribution is -2.44. The van der Waals surface area contributed by atoms with Gasteiger partial charge in [0.15, 0.2) is 11.3 Å². The summed E-state index contributed by atoms with van der Waals surface area (Å²) in [6.07, 6.45) is 0.523. The minimum Gasteiger partial charge on any atom is -0.468 e. The van der Waals surface area contributed by atoms with Crippen LogP contribution in [0.2, 0.25) is 0 Å². The molecule has 2 rings (SSSR count). The molecule has 0 N–H and O–H groups in total. The molecular formula is C12H14N2O4. The molecule has 1 aromatic heterocycles. The molecule has 0 saturated carbocycles. The average molecular weight is 250 g/mol. The van der Waals surface area contributed by atoms with Gasteiger partial charge in [0.1, 0.15) is 11.5 Å². The number of hydrogen-bond acceptors (Lipinski definition) is 6. The number of ether oxygens (including phenoxy) is 2. The molecule has 0 aliphatic carbocycles. The van der Waals surface area contributed by atoms with E-state index in [9.17, 15) is 4.79 Å². The van der Waals surface area contributed by atoms with Crippen LogP contribution in [0.5, 0.6) is 0 Å². The van der Waals surface area contributed by atoms with Crippen LogP contribution in [0, 0.1) is 18.3 Å². The molecule has 0 bridgehead atoms. The molecule has 18 heavy (non-hydrogen) atoms. The monoisotopic (exact) mass is 250 g/mol. The quantitative estimate of drug-likeness (QED) is 0.750. The minimum absolute atomic E-state index is 0.156. The molecule has 1 atom stereocenters. The highest BCUT2D eigenvalue weighted by atomic mass is 16.5. The molecule has 0 spiro atoms. The van der Waals surface area contributed by atoms with Crippen LogP contribution in [-0.2, 0) is 26.3 Å². The van der Waals surface area contributed by atoms with E-state index in [0.717, 1.165) is 0 Å². The Kier molecular flexibility index (Phi) is 3.34. The van der Waals surface area contributed by atoms with Crippen LogP contribution >= 0.6 is 0 Å². The topological polar surface area (TPSA) is 85.4 Å². The van der Waals surface area contributed by atoms with Crippen LogP contribution in [-0.4, -0.2) is 24.7 Å². The first-order valence-corrected chi connectivity index (χ1v) is 5.64. The molecule has 0 amide bonds. The fraction of sp³-hybridized carbons (Fsp3) is 0.583. The third-order valence-corrected chi connectivity index (χ3v) is 3.07. The van der Waals surface area contributed by atoms with Crippen molar-refractivity contribution >= 4 is 5.97 Å². The van der Waals surface area contributed by atoms with Crippen molar-refractivity contribution in [2.45, 2.75) is 31.8 Å². The first-order valence-electron chi connectivity index (χ1n) is 5.64. The van der Waals surface area contributed by atoms with Gasteiger partial charge in [-0.15, -0.1) is 0 Å². The summed E-state index contributed by atoms with van der Waals surface area (Å²) in [6, 6.07) is 2.03. The van der Waals surface area contributed by atoms with Crippen LogP contribution in [0.15, 0.2) is 4.42 Å². The first-order chi connectivity index (χ1) is 8.64. The SMILES string of the molecule is COC(=O)C1(CCC#N)COCc2nc(C)oc21. The van der Waals surface area contributed by atoms with E-state index in [0.29, 0.717) is 30.4 Å². The summed E-state index contributed by atoms with van der Waals surface area (Å²) in [5.41, 5.74) is -0.429. The van der Waals surface area contributed by atoms with Gasteiger partial charge in [-0.1, -0.05) is 0 Å². The molecule has 1 unspecified atom stereocenters. The Morgan fingerprint density at radius 1 is 1.67 bits per heavy atom. The Labute approximate surface area is 105 Å². The van der Waals surface area contributed by atoms with Gasteiger partial charge in [0, 0.05) is 13.3 Å². The molecule has 0 aromatic carbocycles. The van der Waals surface area contributed by atoms with Crippen molar-refractivity contribution in [3.8, 4) is 6.07 Å². The highest BCUT2D eigenvalue weighted by molar-refractivity contribution is 5.83. The molecule has 1 aliphatic rings. The largest absolute Gasteiger partial charge is 0.468 e. The fourth-order valence-electron chi connectivity index (χ4n) is 2.23. The van der Waals surface area contributed by atoms with Crippen molar-refractivity contribution in [3.05, 3.63) is 17.3 Å². The zero-order valence-electron chi connectivity index (χ0n) is 10.4. The van der Waals surface area contributed by atoms with Crippen LogP contribution in [0.4, 0.5) is 0 Å². The predicted octanol–water partition coefficient (Wildman–Crippen LogP) is 1.23. The predicted molar refractivity (Wildman–Crippen MR) is 59.4 cm³/mol.